The zero-order valence-electron chi connectivity index (χ0n) is 12.7. The molecule has 1 N–H and O–H groups in total. The van der Waals surface area contributed by atoms with E-state index in [2.05, 4.69) is 12.2 Å². The van der Waals surface area contributed by atoms with Crippen LogP contribution in [0, 0.1) is 19.7 Å². The second-order valence-corrected chi connectivity index (χ2v) is 5.85. The molecule has 0 heterocycles. The molecule has 2 rings (SSSR count). The second-order valence-electron chi connectivity index (χ2n) is 5.41. The lowest BCUT2D eigenvalue weighted by Gasteiger charge is -2.20. The molecule has 0 amide bonds. The molecule has 0 spiro atoms. The van der Waals surface area contributed by atoms with Crippen LogP contribution in [0.1, 0.15) is 35.2 Å². The van der Waals surface area contributed by atoms with Gasteiger partial charge in [0.25, 0.3) is 0 Å². The Kier molecular flexibility index (Phi) is 5.38. The molecule has 0 saturated heterocycles. The van der Waals surface area contributed by atoms with Gasteiger partial charge in [0.2, 0.25) is 0 Å². The molecule has 3 heteroatoms. The molecule has 2 aromatic carbocycles. The summed E-state index contributed by atoms with van der Waals surface area (Å²) in [5.41, 5.74) is 3.74. The summed E-state index contributed by atoms with van der Waals surface area (Å²) in [4.78, 5) is 0. The Hall–Kier alpha value is -1.38. The number of aryl methyl sites for hydroxylation is 2. The van der Waals surface area contributed by atoms with Crippen LogP contribution in [-0.2, 0) is 6.42 Å². The van der Waals surface area contributed by atoms with Gasteiger partial charge in [-0.05, 0) is 61.2 Å². The summed E-state index contributed by atoms with van der Waals surface area (Å²) in [6, 6.07) is 11.9. The van der Waals surface area contributed by atoms with Gasteiger partial charge < -0.3 is 5.32 Å². The number of halogens is 2. The summed E-state index contributed by atoms with van der Waals surface area (Å²) in [6.45, 7) is 6.58. The SMILES string of the molecule is CCNC(Cc1ccc(Cl)cc1)c1cc(C)c(F)c(C)c1. The van der Waals surface area contributed by atoms with Crippen molar-refractivity contribution in [3.05, 3.63) is 69.5 Å². The molecule has 0 radical (unpaired) electrons. The molecule has 0 aliphatic carbocycles. The summed E-state index contributed by atoms with van der Waals surface area (Å²) in [6.07, 6.45) is 0.857. The second kappa shape index (κ2) is 7.06. The first kappa shape index (κ1) is 16.0. The minimum absolute atomic E-state index is 0.111. The smallest absolute Gasteiger partial charge is 0.129 e. The normalized spacial score (nSPS) is 12.4. The van der Waals surface area contributed by atoms with E-state index in [1.54, 1.807) is 0 Å². The first-order valence-corrected chi connectivity index (χ1v) is 7.63. The van der Waals surface area contributed by atoms with Crippen molar-refractivity contribution in [2.24, 2.45) is 0 Å². The Bertz CT molecular complexity index is 584. The van der Waals surface area contributed by atoms with E-state index < -0.39 is 0 Å². The van der Waals surface area contributed by atoms with Crippen LogP contribution in [0.2, 0.25) is 5.02 Å². The van der Waals surface area contributed by atoms with Gasteiger partial charge in [0.05, 0.1) is 0 Å². The molecule has 112 valence electrons. The molecule has 0 saturated carbocycles. The zero-order chi connectivity index (χ0) is 15.4. The maximum absolute atomic E-state index is 13.8. The van der Waals surface area contributed by atoms with E-state index in [0.717, 1.165) is 23.6 Å². The van der Waals surface area contributed by atoms with E-state index in [9.17, 15) is 4.39 Å². The van der Waals surface area contributed by atoms with Crippen LogP contribution >= 0.6 is 11.6 Å². The number of likely N-dealkylation sites (N-methyl/N-ethyl adjacent to an activating group) is 1. The largest absolute Gasteiger partial charge is 0.310 e. The maximum Gasteiger partial charge on any atom is 0.129 e. The number of benzene rings is 2. The van der Waals surface area contributed by atoms with E-state index >= 15 is 0 Å². The van der Waals surface area contributed by atoms with Crippen molar-refractivity contribution >= 4 is 11.6 Å². The minimum Gasteiger partial charge on any atom is -0.310 e. The third-order valence-corrected chi connectivity index (χ3v) is 3.92. The molecule has 1 unspecified atom stereocenters. The number of hydrogen-bond acceptors (Lipinski definition) is 1. The van der Waals surface area contributed by atoms with Crippen molar-refractivity contribution < 1.29 is 4.39 Å². The van der Waals surface area contributed by atoms with Gasteiger partial charge in [-0.2, -0.15) is 0 Å². The summed E-state index contributed by atoms with van der Waals surface area (Å²) in [5.74, 6) is -0.111. The number of hydrogen-bond donors (Lipinski definition) is 1. The van der Waals surface area contributed by atoms with Crippen LogP contribution in [0.4, 0.5) is 4.39 Å². The fourth-order valence-corrected chi connectivity index (χ4v) is 2.72. The molecule has 1 atom stereocenters. The standard InChI is InChI=1S/C18H21ClFN/c1-4-21-17(11-14-5-7-16(19)8-6-14)15-9-12(2)18(20)13(3)10-15/h5-10,17,21H,4,11H2,1-3H3. The Morgan fingerprint density at radius 3 is 2.19 bits per heavy atom. The molecule has 1 nitrogen and oxygen atoms in total. The maximum atomic E-state index is 13.8. The predicted molar refractivity (Wildman–Crippen MR) is 87.4 cm³/mol. The van der Waals surface area contributed by atoms with Crippen LogP contribution < -0.4 is 5.32 Å². The van der Waals surface area contributed by atoms with Crippen molar-refractivity contribution in [3.63, 3.8) is 0 Å². The highest BCUT2D eigenvalue weighted by Crippen LogP contribution is 2.24. The summed E-state index contributed by atoms with van der Waals surface area (Å²) in [5, 5.41) is 4.22. The van der Waals surface area contributed by atoms with E-state index in [1.165, 1.54) is 5.56 Å². The molecule has 0 bridgehead atoms. The van der Waals surface area contributed by atoms with E-state index in [-0.39, 0.29) is 11.9 Å². The van der Waals surface area contributed by atoms with Crippen molar-refractivity contribution in [3.8, 4) is 0 Å². The highest BCUT2D eigenvalue weighted by atomic mass is 35.5. The van der Waals surface area contributed by atoms with Crippen LogP contribution in [0.15, 0.2) is 36.4 Å². The molecular formula is C18H21ClFN. The van der Waals surface area contributed by atoms with Gasteiger partial charge in [0, 0.05) is 11.1 Å². The van der Waals surface area contributed by atoms with Gasteiger partial charge in [-0.3, -0.25) is 0 Å². The van der Waals surface area contributed by atoms with Gasteiger partial charge in [-0.25, -0.2) is 4.39 Å². The third kappa shape index (κ3) is 4.05. The average Bonchev–Trinajstić information content (AvgIpc) is 2.46. The molecule has 21 heavy (non-hydrogen) atoms. The summed E-state index contributed by atoms with van der Waals surface area (Å²) < 4.78 is 13.8. The van der Waals surface area contributed by atoms with Crippen molar-refractivity contribution in [2.45, 2.75) is 33.2 Å². The molecule has 0 aromatic heterocycles. The number of rotatable bonds is 5. The quantitative estimate of drug-likeness (QED) is 0.820. The van der Waals surface area contributed by atoms with Crippen molar-refractivity contribution in [1.82, 2.24) is 5.32 Å². The highest BCUT2D eigenvalue weighted by Gasteiger charge is 2.14. The van der Waals surface area contributed by atoms with Gasteiger partial charge in [-0.1, -0.05) is 42.8 Å². The van der Waals surface area contributed by atoms with Crippen LogP contribution in [0.5, 0.6) is 0 Å². The lowest BCUT2D eigenvalue weighted by Crippen LogP contribution is -2.23. The van der Waals surface area contributed by atoms with Gasteiger partial charge >= 0.3 is 0 Å². The van der Waals surface area contributed by atoms with Gasteiger partial charge in [-0.15, -0.1) is 0 Å². The van der Waals surface area contributed by atoms with Gasteiger partial charge in [0.15, 0.2) is 0 Å². The highest BCUT2D eigenvalue weighted by molar-refractivity contribution is 6.30. The average molecular weight is 306 g/mol. The first-order valence-electron chi connectivity index (χ1n) is 7.25. The Labute approximate surface area is 131 Å². The topological polar surface area (TPSA) is 12.0 Å². The monoisotopic (exact) mass is 305 g/mol. The van der Waals surface area contributed by atoms with Crippen LogP contribution in [-0.4, -0.2) is 6.54 Å². The molecule has 0 fully saturated rings. The fourth-order valence-electron chi connectivity index (χ4n) is 2.59. The van der Waals surface area contributed by atoms with Crippen molar-refractivity contribution in [2.75, 3.05) is 6.54 Å². The molecule has 2 aromatic rings. The predicted octanol–water partition coefficient (Wildman–Crippen LogP) is 4.99. The lowest BCUT2D eigenvalue weighted by atomic mass is 9.95. The van der Waals surface area contributed by atoms with E-state index in [1.807, 2.05) is 50.2 Å². The molecular weight excluding hydrogens is 285 g/mol. The summed E-state index contributed by atoms with van der Waals surface area (Å²) in [7, 11) is 0. The summed E-state index contributed by atoms with van der Waals surface area (Å²) >= 11 is 5.93. The van der Waals surface area contributed by atoms with E-state index in [0.29, 0.717) is 11.1 Å². The zero-order valence-corrected chi connectivity index (χ0v) is 13.5. The molecule has 0 aliphatic heterocycles. The van der Waals surface area contributed by atoms with Crippen molar-refractivity contribution in [1.29, 1.82) is 0 Å². The first-order chi connectivity index (χ1) is 10.0. The third-order valence-electron chi connectivity index (χ3n) is 3.66. The lowest BCUT2D eigenvalue weighted by molar-refractivity contribution is 0.545. The fraction of sp³-hybridized carbons (Fsp3) is 0.333. The van der Waals surface area contributed by atoms with Crippen LogP contribution in [0.3, 0.4) is 0 Å². The minimum atomic E-state index is -0.111. The van der Waals surface area contributed by atoms with E-state index in [4.69, 9.17) is 11.6 Å². The molecule has 0 aliphatic rings. The Morgan fingerprint density at radius 2 is 1.67 bits per heavy atom. The van der Waals surface area contributed by atoms with Crippen LogP contribution in [0.25, 0.3) is 0 Å². The number of nitrogens with one attached hydrogen (secondary N) is 1. The Balaban J connectivity index is 2.28. The van der Waals surface area contributed by atoms with Gasteiger partial charge in [0.1, 0.15) is 5.82 Å². The Morgan fingerprint density at radius 1 is 1.10 bits per heavy atom.